The smallest absolute Gasteiger partial charge is 0.307 e. The molecule has 0 rings (SSSR count). The van der Waals surface area contributed by atoms with Gasteiger partial charge in [-0.3, -0.25) is 9.59 Å². The molecule has 0 saturated carbocycles. The zero-order valence-corrected chi connectivity index (χ0v) is 15.2. The lowest BCUT2D eigenvalue weighted by molar-refractivity contribution is -0.142. The Hall–Kier alpha value is -1.26. The van der Waals surface area contributed by atoms with Crippen LogP contribution in [0, 0.1) is 0 Å². The number of ether oxygens (including phenoxy) is 7. The Morgan fingerprint density at radius 1 is 0.480 bits per heavy atom. The molecule has 0 saturated heterocycles. The van der Waals surface area contributed by atoms with Crippen molar-refractivity contribution in [2.24, 2.45) is 0 Å². The Balaban J connectivity index is 3.05. The molecule has 0 N–H and O–H groups in total. The summed E-state index contributed by atoms with van der Waals surface area (Å²) in [6.45, 7) is 4.29. The Morgan fingerprint density at radius 3 is 0.960 bits per heavy atom. The summed E-state index contributed by atoms with van der Waals surface area (Å²) in [4.78, 5) is 21.6. The van der Waals surface area contributed by atoms with Gasteiger partial charge in [-0.2, -0.15) is 0 Å². The highest BCUT2D eigenvalue weighted by Gasteiger charge is 2.00. The van der Waals surface area contributed by atoms with Gasteiger partial charge in [0.25, 0.3) is 0 Å². The third-order valence-electron chi connectivity index (χ3n) is 2.84. The summed E-state index contributed by atoms with van der Waals surface area (Å²) in [6.07, 6.45) is 0.492. The molecular formula is C16H30O9. The minimum absolute atomic E-state index is 0.246. The Kier molecular flexibility index (Phi) is 18.1. The molecule has 0 aliphatic carbocycles. The molecule has 148 valence electrons. The van der Waals surface area contributed by atoms with E-state index < -0.39 is 0 Å². The van der Waals surface area contributed by atoms with Crippen molar-refractivity contribution in [3.05, 3.63) is 0 Å². The molecule has 0 unspecified atom stereocenters. The van der Waals surface area contributed by atoms with Gasteiger partial charge in [0.2, 0.25) is 0 Å². The van der Waals surface area contributed by atoms with Gasteiger partial charge >= 0.3 is 11.9 Å². The van der Waals surface area contributed by atoms with E-state index in [9.17, 15) is 9.59 Å². The van der Waals surface area contributed by atoms with Crippen molar-refractivity contribution in [1.29, 1.82) is 0 Å². The molecule has 9 heteroatoms. The van der Waals surface area contributed by atoms with E-state index in [1.807, 2.05) is 0 Å². The lowest BCUT2D eigenvalue weighted by Crippen LogP contribution is -2.14. The highest BCUT2D eigenvalue weighted by atomic mass is 16.6. The summed E-state index contributed by atoms with van der Waals surface area (Å²) in [5, 5.41) is 0. The van der Waals surface area contributed by atoms with E-state index in [0.717, 1.165) is 0 Å². The maximum absolute atomic E-state index is 10.8. The number of esters is 2. The summed E-state index contributed by atoms with van der Waals surface area (Å²) < 4.78 is 35.3. The van der Waals surface area contributed by atoms with Crippen molar-refractivity contribution in [2.45, 2.75) is 12.8 Å². The maximum atomic E-state index is 10.8. The first-order valence-electron chi connectivity index (χ1n) is 8.23. The van der Waals surface area contributed by atoms with Crippen molar-refractivity contribution in [3.63, 3.8) is 0 Å². The van der Waals surface area contributed by atoms with E-state index in [2.05, 4.69) is 9.47 Å². The molecule has 25 heavy (non-hydrogen) atoms. The van der Waals surface area contributed by atoms with Crippen LogP contribution in [0.25, 0.3) is 0 Å². The molecule has 0 aliphatic rings. The van der Waals surface area contributed by atoms with E-state index in [1.165, 1.54) is 14.2 Å². The Labute approximate surface area is 148 Å². The number of hydrogen-bond donors (Lipinski definition) is 0. The van der Waals surface area contributed by atoms with Crippen molar-refractivity contribution in [3.8, 4) is 0 Å². The predicted molar refractivity (Wildman–Crippen MR) is 87.4 cm³/mol. The molecule has 0 aromatic rings. The second-order valence-electron chi connectivity index (χ2n) is 4.71. The van der Waals surface area contributed by atoms with Crippen LogP contribution >= 0.6 is 0 Å². The molecule has 0 aromatic carbocycles. The van der Waals surface area contributed by atoms with E-state index in [1.54, 1.807) is 0 Å². The average Bonchev–Trinajstić information content (AvgIpc) is 2.63. The molecule has 0 radical (unpaired) electrons. The van der Waals surface area contributed by atoms with Gasteiger partial charge in [0.1, 0.15) is 0 Å². The number of rotatable bonds is 18. The summed E-state index contributed by atoms with van der Waals surface area (Å²) >= 11 is 0. The quantitative estimate of drug-likeness (QED) is 0.249. The molecule has 0 amide bonds. The first kappa shape index (κ1) is 23.7. The average molecular weight is 366 g/mol. The lowest BCUT2D eigenvalue weighted by atomic mass is 10.5. The van der Waals surface area contributed by atoms with Crippen LogP contribution in [0.2, 0.25) is 0 Å². The van der Waals surface area contributed by atoms with E-state index in [0.29, 0.717) is 66.1 Å². The Bertz CT molecular complexity index is 293. The summed E-state index contributed by atoms with van der Waals surface area (Å²) in [5.74, 6) is -0.575. The number of carbonyl (C=O) groups is 2. The molecular weight excluding hydrogens is 336 g/mol. The molecule has 0 heterocycles. The molecule has 9 nitrogen and oxygen atoms in total. The molecule has 0 aromatic heterocycles. The Morgan fingerprint density at radius 2 is 0.720 bits per heavy atom. The van der Waals surface area contributed by atoms with Crippen LogP contribution in [0.4, 0.5) is 0 Å². The van der Waals surface area contributed by atoms with Crippen LogP contribution in [-0.2, 0) is 42.7 Å². The first-order chi connectivity index (χ1) is 12.2. The van der Waals surface area contributed by atoms with Gasteiger partial charge in [-0.25, -0.2) is 0 Å². The van der Waals surface area contributed by atoms with E-state index >= 15 is 0 Å². The number of carbonyl (C=O) groups excluding carboxylic acids is 2. The highest BCUT2D eigenvalue weighted by molar-refractivity contribution is 5.69. The minimum Gasteiger partial charge on any atom is -0.469 e. The van der Waals surface area contributed by atoms with Gasteiger partial charge in [0.05, 0.1) is 93.1 Å². The van der Waals surface area contributed by atoms with Crippen LogP contribution < -0.4 is 0 Å². The normalized spacial score (nSPS) is 10.6. The molecule has 0 bridgehead atoms. The fraction of sp³-hybridized carbons (Fsp3) is 0.875. The third-order valence-corrected chi connectivity index (χ3v) is 2.84. The van der Waals surface area contributed by atoms with Gasteiger partial charge in [-0.1, -0.05) is 0 Å². The predicted octanol–water partition coefficient (Wildman–Crippen LogP) is 0.196. The maximum Gasteiger partial charge on any atom is 0.307 e. The van der Waals surface area contributed by atoms with Gasteiger partial charge in [-0.05, 0) is 0 Å². The third kappa shape index (κ3) is 18.9. The van der Waals surface area contributed by atoms with Gasteiger partial charge < -0.3 is 33.2 Å². The number of methoxy groups -OCH3 is 2. The molecule has 0 spiro atoms. The van der Waals surface area contributed by atoms with E-state index in [4.69, 9.17) is 23.7 Å². The van der Waals surface area contributed by atoms with Crippen molar-refractivity contribution < 1.29 is 42.7 Å². The zero-order valence-electron chi connectivity index (χ0n) is 15.2. The summed E-state index contributed by atoms with van der Waals surface area (Å²) in [7, 11) is 2.69. The van der Waals surface area contributed by atoms with E-state index in [-0.39, 0.29) is 24.8 Å². The van der Waals surface area contributed by atoms with Crippen molar-refractivity contribution in [2.75, 3.05) is 80.3 Å². The molecule has 0 fully saturated rings. The van der Waals surface area contributed by atoms with Crippen LogP contribution in [0.3, 0.4) is 0 Å². The zero-order chi connectivity index (χ0) is 18.6. The van der Waals surface area contributed by atoms with Crippen LogP contribution in [0.5, 0.6) is 0 Å². The second kappa shape index (κ2) is 19.1. The number of hydrogen-bond acceptors (Lipinski definition) is 9. The fourth-order valence-electron chi connectivity index (χ4n) is 1.50. The second-order valence-corrected chi connectivity index (χ2v) is 4.71. The van der Waals surface area contributed by atoms with Gasteiger partial charge in [-0.15, -0.1) is 0 Å². The van der Waals surface area contributed by atoms with Crippen LogP contribution in [-0.4, -0.2) is 92.2 Å². The van der Waals surface area contributed by atoms with Crippen molar-refractivity contribution in [1.82, 2.24) is 0 Å². The first-order valence-corrected chi connectivity index (χ1v) is 8.23. The monoisotopic (exact) mass is 366 g/mol. The van der Waals surface area contributed by atoms with Crippen LogP contribution in [0.15, 0.2) is 0 Å². The summed E-state index contributed by atoms with van der Waals surface area (Å²) in [5.41, 5.74) is 0. The SMILES string of the molecule is COC(=O)CCOCCOCCOCCOCCOCCC(=O)OC. The standard InChI is InChI=1S/C16H30O9/c1-19-15(17)3-5-21-7-9-23-11-13-25-14-12-24-10-8-22-6-4-16(18)20-2/h3-14H2,1-2H3. The lowest BCUT2D eigenvalue weighted by Gasteiger charge is -2.07. The highest BCUT2D eigenvalue weighted by Crippen LogP contribution is 1.88. The van der Waals surface area contributed by atoms with Crippen molar-refractivity contribution >= 4 is 11.9 Å². The minimum atomic E-state index is -0.288. The fourth-order valence-corrected chi connectivity index (χ4v) is 1.50. The van der Waals surface area contributed by atoms with Gasteiger partial charge in [0, 0.05) is 0 Å². The molecule has 0 aliphatic heterocycles. The van der Waals surface area contributed by atoms with Gasteiger partial charge in [0.15, 0.2) is 0 Å². The largest absolute Gasteiger partial charge is 0.469 e. The summed E-state index contributed by atoms with van der Waals surface area (Å²) in [6, 6.07) is 0. The van der Waals surface area contributed by atoms with Crippen LogP contribution in [0.1, 0.15) is 12.8 Å². The topological polar surface area (TPSA) is 98.8 Å². The molecule has 0 atom stereocenters.